The van der Waals surface area contributed by atoms with E-state index in [9.17, 15) is 4.79 Å². The normalized spacial score (nSPS) is 12.8. The van der Waals surface area contributed by atoms with Crippen LogP contribution in [0.1, 0.15) is 95.4 Å². The average molecular weight is 344 g/mol. The van der Waals surface area contributed by atoms with Crippen molar-refractivity contribution >= 4 is 5.78 Å². The summed E-state index contributed by atoms with van der Waals surface area (Å²) in [6.07, 6.45) is 2.82. The third kappa shape index (κ3) is 19.6. The molecule has 0 fully saturated rings. The molecule has 0 atom stereocenters. The van der Waals surface area contributed by atoms with Crippen molar-refractivity contribution in [3.05, 3.63) is 0 Å². The molecule has 0 aromatic heterocycles. The molecule has 0 radical (unpaired) electrons. The van der Waals surface area contributed by atoms with Crippen LogP contribution < -0.4 is 5.32 Å². The number of rotatable bonds is 8. The van der Waals surface area contributed by atoms with Crippen LogP contribution in [0.3, 0.4) is 0 Å². The van der Waals surface area contributed by atoms with Crippen molar-refractivity contribution in [2.75, 3.05) is 13.2 Å². The first-order valence-electron chi connectivity index (χ1n) is 9.51. The van der Waals surface area contributed by atoms with E-state index in [1.165, 1.54) is 0 Å². The van der Waals surface area contributed by atoms with Gasteiger partial charge in [-0.25, -0.2) is 0 Å². The Morgan fingerprint density at radius 1 is 1.00 bits per heavy atom. The third-order valence-electron chi connectivity index (χ3n) is 3.55. The molecule has 0 aromatic rings. The molecule has 0 aliphatic rings. The minimum Gasteiger partial charge on any atom is -0.376 e. The zero-order valence-corrected chi connectivity index (χ0v) is 18.4. The van der Waals surface area contributed by atoms with E-state index in [2.05, 4.69) is 60.7 Å². The van der Waals surface area contributed by atoms with E-state index in [4.69, 9.17) is 4.74 Å². The standard InChI is InChI=1S/C14H31NO.C7H14O/c1-12(2,3)15-11-14(7,8)9-10-16-13(4,5)6;1-4-5-7(8)6(2)3/h15H,9-11H2,1-8H3;6H,4-5H2,1-3H3. The van der Waals surface area contributed by atoms with Crippen molar-refractivity contribution in [1.29, 1.82) is 0 Å². The van der Waals surface area contributed by atoms with Gasteiger partial charge < -0.3 is 10.1 Å². The largest absolute Gasteiger partial charge is 0.376 e. The van der Waals surface area contributed by atoms with Crippen LogP contribution in [-0.4, -0.2) is 30.1 Å². The van der Waals surface area contributed by atoms with Crippen LogP contribution in [0.5, 0.6) is 0 Å². The summed E-state index contributed by atoms with van der Waals surface area (Å²) in [5, 5.41) is 3.55. The average Bonchev–Trinajstić information content (AvgIpc) is 2.35. The highest BCUT2D eigenvalue weighted by Gasteiger charge is 2.21. The second-order valence-electron chi connectivity index (χ2n) is 9.85. The molecule has 0 aromatic carbocycles. The van der Waals surface area contributed by atoms with E-state index in [1.807, 2.05) is 20.8 Å². The first kappa shape index (κ1) is 25.8. The highest BCUT2D eigenvalue weighted by molar-refractivity contribution is 5.80. The molecule has 3 heteroatoms. The molecule has 1 N–H and O–H groups in total. The monoisotopic (exact) mass is 343 g/mol. The summed E-state index contributed by atoms with van der Waals surface area (Å²) >= 11 is 0. The van der Waals surface area contributed by atoms with Crippen LogP contribution in [-0.2, 0) is 9.53 Å². The number of carbonyl (C=O) groups excluding carboxylic acids is 1. The highest BCUT2D eigenvalue weighted by atomic mass is 16.5. The molecule has 3 nitrogen and oxygen atoms in total. The Kier molecular flexibility index (Phi) is 12.1. The summed E-state index contributed by atoms with van der Waals surface area (Å²) in [7, 11) is 0. The van der Waals surface area contributed by atoms with E-state index in [0.717, 1.165) is 32.4 Å². The lowest BCUT2D eigenvalue weighted by molar-refractivity contribution is -0.121. The Labute approximate surface area is 152 Å². The van der Waals surface area contributed by atoms with Crippen molar-refractivity contribution in [1.82, 2.24) is 5.32 Å². The van der Waals surface area contributed by atoms with Gasteiger partial charge in [0.25, 0.3) is 0 Å². The molecule has 0 unspecified atom stereocenters. The smallest absolute Gasteiger partial charge is 0.135 e. The van der Waals surface area contributed by atoms with Gasteiger partial charge in [-0.1, -0.05) is 34.6 Å². The van der Waals surface area contributed by atoms with E-state index in [-0.39, 0.29) is 17.1 Å². The number of carbonyl (C=O) groups is 1. The second-order valence-corrected chi connectivity index (χ2v) is 9.85. The van der Waals surface area contributed by atoms with Crippen molar-refractivity contribution in [2.24, 2.45) is 11.3 Å². The molecule has 0 saturated heterocycles. The first-order valence-corrected chi connectivity index (χ1v) is 9.51. The molecule has 0 saturated carbocycles. The number of hydrogen-bond donors (Lipinski definition) is 1. The lowest BCUT2D eigenvalue weighted by atomic mass is 9.88. The molecule has 0 aliphatic carbocycles. The summed E-state index contributed by atoms with van der Waals surface area (Å²) in [4.78, 5) is 10.7. The first-order chi connectivity index (χ1) is 10.6. The van der Waals surface area contributed by atoms with Gasteiger partial charge in [0.2, 0.25) is 0 Å². The Morgan fingerprint density at radius 2 is 1.50 bits per heavy atom. The molecule has 24 heavy (non-hydrogen) atoms. The molecule has 146 valence electrons. The van der Waals surface area contributed by atoms with Crippen LogP contribution in [0.4, 0.5) is 0 Å². The highest BCUT2D eigenvalue weighted by Crippen LogP contribution is 2.21. The molecule has 0 amide bonds. The van der Waals surface area contributed by atoms with E-state index >= 15 is 0 Å². The zero-order chi connectivity index (χ0) is 19.6. The SMILES string of the molecule is CC(C)(CCOC(C)(C)C)CNC(C)(C)C.CCCC(=O)C(C)C. The fourth-order valence-electron chi connectivity index (χ4n) is 1.76. The number of hydrogen-bond acceptors (Lipinski definition) is 3. The van der Waals surface area contributed by atoms with Crippen LogP contribution in [0.15, 0.2) is 0 Å². The van der Waals surface area contributed by atoms with Crippen molar-refractivity contribution < 1.29 is 9.53 Å². The van der Waals surface area contributed by atoms with Crippen LogP contribution in [0.2, 0.25) is 0 Å². The fourth-order valence-corrected chi connectivity index (χ4v) is 1.76. The Bertz CT molecular complexity index is 333. The molecule has 0 heterocycles. The van der Waals surface area contributed by atoms with Gasteiger partial charge in [0.05, 0.1) is 5.60 Å². The fraction of sp³-hybridized carbons (Fsp3) is 0.952. The molecular weight excluding hydrogens is 298 g/mol. The predicted octanol–water partition coefficient (Wildman–Crippen LogP) is 5.62. The minimum atomic E-state index is -0.0203. The predicted molar refractivity (Wildman–Crippen MR) is 107 cm³/mol. The number of nitrogens with one attached hydrogen (secondary N) is 1. The number of Topliss-reactive ketones (excluding diaryl/α,β-unsaturated/α-hetero) is 1. The van der Waals surface area contributed by atoms with E-state index in [1.54, 1.807) is 0 Å². The second kappa shape index (κ2) is 11.3. The van der Waals surface area contributed by atoms with Gasteiger partial charge in [-0.05, 0) is 59.8 Å². The van der Waals surface area contributed by atoms with Crippen molar-refractivity contribution in [2.45, 2.75) is 107 Å². The summed E-state index contributed by atoms with van der Waals surface area (Å²) in [6.45, 7) is 25.3. The molecule has 0 aliphatic heterocycles. The molecule has 0 spiro atoms. The lowest BCUT2D eigenvalue weighted by Crippen LogP contribution is -2.42. The van der Waals surface area contributed by atoms with Crippen LogP contribution in [0.25, 0.3) is 0 Å². The zero-order valence-electron chi connectivity index (χ0n) is 18.4. The maximum Gasteiger partial charge on any atom is 0.135 e. The van der Waals surface area contributed by atoms with Gasteiger partial charge >= 0.3 is 0 Å². The maximum atomic E-state index is 10.7. The summed E-state index contributed by atoms with van der Waals surface area (Å²) in [6, 6.07) is 0. The minimum absolute atomic E-state index is 0.0203. The molecule has 0 rings (SSSR count). The summed E-state index contributed by atoms with van der Waals surface area (Å²) in [5.41, 5.74) is 0.466. The molecule has 0 bridgehead atoms. The summed E-state index contributed by atoms with van der Waals surface area (Å²) in [5.74, 6) is 0.613. The van der Waals surface area contributed by atoms with E-state index < -0.39 is 0 Å². The van der Waals surface area contributed by atoms with Crippen molar-refractivity contribution in [3.8, 4) is 0 Å². The van der Waals surface area contributed by atoms with Gasteiger partial charge in [-0.2, -0.15) is 0 Å². The van der Waals surface area contributed by atoms with Crippen molar-refractivity contribution in [3.63, 3.8) is 0 Å². The Balaban J connectivity index is 0. The number of ketones is 1. The van der Waals surface area contributed by atoms with E-state index in [0.29, 0.717) is 11.2 Å². The van der Waals surface area contributed by atoms with Gasteiger partial charge in [0, 0.05) is 31.0 Å². The Hall–Kier alpha value is -0.410. The summed E-state index contributed by atoms with van der Waals surface area (Å²) < 4.78 is 5.77. The van der Waals surface area contributed by atoms with Gasteiger partial charge in [-0.3, -0.25) is 4.79 Å². The Morgan fingerprint density at radius 3 is 1.79 bits per heavy atom. The van der Waals surface area contributed by atoms with Gasteiger partial charge in [0.1, 0.15) is 5.78 Å². The maximum absolute atomic E-state index is 10.7. The number of ether oxygens (including phenoxy) is 1. The van der Waals surface area contributed by atoms with Crippen LogP contribution >= 0.6 is 0 Å². The third-order valence-corrected chi connectivity index (χ3v) is 3.55. The topological polar surface area (TPSA) is 38.3 Å². The van der Waals surface area contributed by atoms with Crippen LogP contribution in [0, 0.1) is 11.3 Å². The lowest BCUT2D eigenvalue weighted by Gasteiger charge is -2.31. The van der Waals surface area contributed by atoms with Gasteiger partial charge in [-0.15, -0.1) is 0 Å². The molecular formula is C21H45NO2. The van der Waals surface area contributed by atoms with Gasteiger partial charge in [0.15, 0.2) is 0 Å². The quantitative estimate of drug-likeness (QED) is 0.622.